The Labute approximate surface area is 106 Å². The molecule has 2 N–H and O–H groups in total. The van der Waals surface area contributed by atoms with Crippen molar-refractivity contribution in [2.24, 2.45) is 0 Å². The summed E-state index contributed by atoms with van der Waals surface area (Å²) in [5, 5.41) is 5.48. The van der Waals surface area contributed by atoms with Gasteiger partial charge in [0.05, 0.1) is 7.11 Å². The average molecular weight is 257 g/mol. The average Bonchev–Trinajstić information content (AvgIpc) is 2.37. The number of carbonyl (C=O) groups excluding carboxylic acids is 1. The third kappa shape index (κ3) is 5.45. The van der Waals surface area contributed by atoms with Gasteiger partial charge in [-0.2, -0.15) is 0 Å². The summed E-state index contributed by atoms with van der Waals surface area (Å²) in [5.74, 6) is 1.36. The number of urea groups is 1. The molecule has 5 heteroatoms. The number of benzene rings is 1. The Kier molecular flexibility index (Phi) is 6.25. The zero-order valence-electron chi connectivity index (χ0n) is 9.83. The number of halogens is 1. The van der Waals surface area contributed by atoms with Crippen LogP contribution in [0.4, 0.5) is 4.79 Å². The van der Waals surface area contributed by atoms with Crippen molar-refractivity contribution in [1.82, 2.24) is 10.6 Å². The van der Waals surface area contributed by atoms with E-state index in [4.69, 9.17) is 16.3 Å². The van der Waals surface area contributed by atoms with Gasteiger partial charge in [0.1, 0.15) is 5.75 Å². The fraction of sp³-hybridized carbons (Fsp3) is 0.417. The van der Waals surface area contributed by atoms with Crippen LogP contribution in [0.15, 0.2) is 24.3 Å². The van der Waals surface area contributed by atoms with E-state index in [0.717, 1.165) is 17.7 Å². The molecule has 1 rings (SSSR count). The number of rotatable bonds is 6. The molecule has 0 spiro atoms. The Morgan fingerprint density at radius 3 is 2.59 bits per heavy atom. The molecule has 0 fully saturated rings. The van der Waals surface area contributed by atoms with Crippen LogP contribution in [0, 0.1) is 0 Å². The van der Waals surface area contributed by atoms with Gasteiger partial charge in [0.2, 0.25) is 0 Å². The van der Waals surface area contributed by atoms with Crippen LogP contribution in [0.1, 0.15) is 12.0 Å². The van der Waals surface area contributed by atoms with Crippen LogP contribution in [0.3, 0.4) is 0 Å². The largest absolute Gasteiger partial charge is 0.497 e. The molecule has 94 valence electrons. The first kappa shape index (κ1) is 13.6. The molecule has 0 saturated heterocycles. The molecule has 0 aromatic heterocycles. The van der Waals surface area contributed by atoms with E-state index in [1.54, 1.807) is 7.11 Å². The molecule has 0 atom stereocenters. The van der Waals surface area contributed by atoms with Crippen molar-refractivity contribution in [1.29, 1.82) is 0 Å². The number of nitrogens with one attached hydrogen (secondary N) is 2. The van der Waals surface area contributed by atoms with Crippen molar-refractivity contribution in [3.05, 3.63) is 29.8 Å². The summed E-state index contributed by atoms with van der Waals surface area (Å²) in [4.78, 5) is 11.3. The lowest BCUT2D eigenvalue weighted by molar-refractivity contribution is 0.240. The molecule has 4 nitrogen and oxygen atoms in total. The monoisotopic (exact) mass is 256 g/mol. The highest BCUT2D eigenvalue weighted by Gasteiger charge is 1.99. The van der Waals surface area contributed by atoms with Gasteiger partial charge in [0.15, 0.2) is 0 Å². The molecule has 0 heterocycles. The lowest BCUT2D eigenvalue weighted by Gasteiger charge is -2.07. The molecule has 1 aromatic carbocycles. The van der Waals surface area contributed by atoms with E-state index in [0.29, 0.717) is 19.0 Å². The maximum absolute atomic E-state index is 11.3. The second-order valence-electron chi connectivity index (χ2n) is 3.50. The molecule has 0 aliphatic heterocycles. The smallest absolute Gasteiger partial charge is 0.315 e. The van der Waals surface area contributed by atoms with Crippen molar-refractivity contribution < 1.29 is 9.53 Å². The van der Waals surface area contributed by atoms with Gasteiger partial charge >= 0.3 is 6.03 Å². The van der Waals surface area contributed by atoms with Gasteiger partial charge in [-0.05, 0) is 24.1 Å². The predicted octanol–water partition coefficient (Wildman–Crippen LogP) is 2.12. The molecule has 0 bridgehead atoms. The zero-order chi connectivity index (χ0) is 12.5. The van der Waals surface area contributed by atoms with Crippen molar-refractivity contribution in [3.8, 4) is 5.75 Å². The van der Waals surface area contributed by atoms with Gasteiger partial charge in [-0.3, -0.25) is 0 Å². The molecule has 17 heavy (non-hydrogen) atoms. The highest BCUT2D eigenvalue weighted by Crippen LogP contribution is 2.10. The Morgan fingerprint density at radius 1 is 1.29 bits per heavy atom. The summed E-state index contributed by atoms with van der Waals surface area (Å²) in [7, 11) is 1.62. The van der Waals surface area contributed by atoms with Crippen LogP contribution in [0.5, 0.6) is 5.75 Å². The third-order valence-electron chi connectivity index (χ3n) is 2.21. The van der Waals surface area contributed by atoms with Gasteiger partial charge in [-0.25, -0.2) is 4.79 Å². The second-order valence-corrected chi connectivity index (χ2v) is 3.88. The predicted molar refractivity (Wildman–Crippen MR) is 68.6 cm³/mol. The Balaban J connectivity index is 2.27. The van der Waals surface area contributed by atoms with Crippen LogP contribution in [-0.2, 0) is 6.54 Å². The minimum atomic E-state index is -0.175. The summed E-state index contributed by atoms with van der Waals surface area (Å²) in [6.07, 6.45) is 0.775. The first-order valence-corrected chi connectivity index (χ1v) is 6.00. The topological polar surface area (TPSA) is 50.4 Å². The highest BCUT2D eigenvalue weighted by atomic mass is 35.5. The van der Waals surface area contributed by atoms with E-state index in [1.165, 1.54) is 0 Å². The number of hydrogen-bond acceptors (Lipinski definition) is 2. The van der Waals surface area contributed by atoms with Crippen LogP contribution in [0.25, 0.3) is 0 Å². The highest BCUT2D eigenvalue weighted by molar-refractivity contribution is 6.17. The summed E-state index contributed by atoms with van der Waals surface area (Å²) >= 11 is 5.50. The van der Waals surface area contributed by atoms with Crippen molar-refractivity contribution in [3.63, 3.8) is 0 Å². The number of ether oxygens (including phenoxy) is 1. The maximum Gasteiger partial charge on any atom is 0.315 e. The van der Waals surface area contributed by atoms with Gasteiger partial charge in [0, 0.05) is 19.0 Å². The fourth-order valence-electron chi connectivity index (χ4n) is 1.26. The van der Waals surface area contributed by atoms with Gasteiger partial charge in [-0.1, -0.05) is 12.1 Å². The third-order valence-corrected chi connectivity index (χ3v) is 2.48. The van der Waals surface area contributed by atoms with Gasteiger partial charge in [0.25, 0.3) is 0 Å². The SMILES string of the molecule is COc1ccc(CNC(=O)NCCCCl)cc1. The van der Waals surface area contributed by atoms with Crippen molar-refractivity contribution >= 4 is 17.6 Å². The Bertz CT molecular complexity index is 341. The molecular weight excluding hydrogens is 240 g/mol. The maximum atomic E-state index is 11.3. The lowest BCUT2D eigenvalue weighted by Crippen LogP contribution is -2.35. The van der Waals surface area contributed by atoms with Crippen LogP contribution in [0.2, 0.25) is 0 Å². The first-order chi connectivity index (χ1) is 8.26. The normalized spacial score (nSPS) is 9.76. The van der Waals surface area contributed by atoms with Crippen molar-refractivity contribution in [2.45, 2.75) is 13.0 Å². The number of amides is 2. The minimum absolute atomic E-state index is 0.175. The van der Waals surface area contributed by atoms with Crippen LogP contribution < -0.4 is 15.4 Å². The number of carbonyl (C=O) groups is 1. The molecule has 0 aliphatic rings. The van der Waals surface area contributed by atoms with E-state index in [2.05, 4.69) is 10.6 Å². The first-order valence-electron chi connectivity index (χ1n) is 5.47. The zero-order valence-corrected chi connectivity index (χ0v) is 10.6. The van der Waals surface area contributed by atoms with Gasteiger partial charge < -0.3 is 15.4 Å². The molecule has 0 radical (unpaired) electrons. The summed E-state index contributed by atoms with van der Waals surface area (Å²) in [5.41, 5.74) is 1.03. The lowest BCUT2D eigenvalue weighted by atomic mass is 10.2. The van der Waals surface area contributed by atoms with Crippen LogP contribution >= 0.6 is 11.6 Å². The Morgan fingerprint density at radius 2 is 2.00 bits per heavy atom. The molecule has 1 aromatic rings. The summed E-state index contributed by atoms with van der Waals surface area (Å²) < 4.78 is 5.05. The van der Waals surface area contributed by atoms with E-state index in [-0.39, 0.29) is 6.03 Å². The standard InChI is InChI=1S/C12H17ClN2O2/c1-17-11-5-3-10(4-6-11)9-15-12(16)14-8-2-7-13/h3-6H,2,7-9H2,1H3,(H2,14,15,16). The summed E-state index contributed by atoms with van der Waals surface area (Å²) in [6, 6.07) is 7.38. The van der Waals surface area contributed by atoms with E-state index in [9.17, 15) is 4.79 Å². The second kappa shape index (κ2) is 7.79. The minimum Gasteiger partial charge on any atom is -0.497 e. The number of alkyl halides is 1. The van der Waals surface area contributed by atoms with E-state index < -0.39 is 0 Å². The molecule has 0 unspecified atom stereocenters. The van der Waals surface area contributed by atoms with E-state index >= 15 is 0 Å². The number of hydrogen-bond donors (Lipinski definition) is 2. The van der Waals surface area contributed by atoms with Crippen molar-refractivity contribution in [2.75, 3.05) is 19.5 Å². The molecule has 2 amide bonds. The summed E-state index contributed by atoms with van der Waals surface area (Å²) in [6.45, 7) is 1.09. The number of methoxy groups -OCH3 is 1. The van der Waals surface area contributed by atoms with E-state index in [1.807, 2.05) is 24.3 Å². The molecular formula is C12H17ClN2O2. The molecule has 0 saturated carbocycles. The fourth-order valence-corrected chi connectivity index (χ4v) is 1.39. The van der Waals surface area contributed by atoms with Gasteiger partial charge in [-0.15, -0.1) is 11.6 Å². The Hall–Kier alpha value is -1.42. The van der Waals surface area contributed by atoms with Crippen LogP contribution in [-0.4, -0.2) is 25.6 Å². The quantitative estimate of drug-likeness (QED) is 0.605. The molecule has 0 aliphatic carbocycles.